The van der Waals surface area contributed by atoms with Gasteiger partial charge in [0.1, 0.15) is 12.4 Å². The van der Waals surface area contributed by atoms with E-state index in [0.29, 0.717) is 29.2 Å². The van der Waals surface area contributed by atoms with Gasteiger partial charge >= 0.3 is 17.8 Å². The monoisotopic (exact) mass is 431 g/mol. The molecule has 0 aromatic heterocycles. The van der Waals surface area contributed by atoms with E-state index in [1.165, 1.54) is 37.6 Å². The number of rotatable bonds is 7. The van der Waals surface area contributed by atoms with Crippen LogP contribution in [0.1, 0.15) is 21.5 Å². The number of nitrogens with zero attached hydrogens (tertiary/aromatic N) is 1. The Morgan fingerprint density at radius 1 is 0.906 bits per heavy atom. The van der Waals surface area contributed by atoms with Crippen molar-refractivity contribution in [2.24, 2.45) is 5.10 Å². The Morgan fingerprint density at radius 2 is 1.66 bits per heavy atom. The predicted molar refractivity (Wildman–Crippen MR) is 119 cm³/mol. The van der Waals surface area contributed by atoms with Crippen molar-refractivity contribution in [3.63, 3.8) is 0 Å². The van der Waals surface area contributed by atoms with Crippen LogP contribution in [0.3, 0.4) is 0 Å². The topological polar surface area (TPSA) is 106 Å². The molecule has 162 valence electrons. The van der Waals surface area contributed by atoms with Gasteiger partial charge in [0.15, 0.2) is 0 Å². The number of amides is 2. The molecular formula is C24H21N3O5. The van der Waals surface area contributed by atoms with E-state index >= 15 is 0 Å². The SMILES string of the molecule is COC(=O)c1ccc(NC(=O)C(=O)N/N=C\c2cccc(OCc3ccccc3)c2)cc1. The van der Waals surface area contributed by atoms with Gasteiger partial charge in [-0.15, -0.1) is 0 Å². The van der Waals surface area contributed by atoms with Crippen LogP contribution in [0.25, 0.3) is 0 Å². The van der Waals surface area contributed by atoms with Crippen molar-refractivity contribution in [3.05, 3.63) is 95.6 Å². The molecule has 0 saturated heterocycles. The summed E-state index contributed by atoms with van der Waals surface area (Å²) in [6.45, 7) is 0.430. The normalized spacial score (nSPS) is 10.4. The molecule has 3 aromatic rings. The molecule has 0 unspecified atom stereocenters. The van der Waals surface area contributed by atoms with Crippen molar-refractivity contribution in [1.82, 2.24) is 5.43 Å². The molecule has 0 aliphatic heterocycles. The third kappa shape index (κ3) is 6.53. The molecule has 32 heavy (non-hydrogen) atoms. The van der Waals surface area contributed by atoms with Gasteiger partial charge in [-0.25, -0.2) is 10.2 Å². The number of carbonyl (C=O) groups is 3. The lowest BCUT2D eigenvalue weighted by atomic mass is 10.2. The van der Waals surface area contributed by atoms with Crippen LogP contribution >= 0.6 is 0 Å². The van der Waals surface area contributed by atoms with Gasteiger partial charge in [-0.1, -0.05) is 42.5 Å². The fourth-order valence-electron chi connectivity index (χ4n) is 2.64. The summed E-state index contributed by atoms with van der Waals surface area (Å²) in [6, 6.07) is 22.9. The standard InChI is InChI=1S/C24H21N3O5/c1-31-24(30)19-10-12-20(13-11-19)26-22(28)23(29)27-25-15-18-8-5-9-21(14-18)32-16-17-6-3-2-4-7-17/h2-15H,16H2,1H3,(H,26,28)(H,27,29)/b25-15-. The lowest BCUT2D eigenvalue weighted by Gasteiger charge is -2.07. The number of hydrogen-bond acceptors (Lipinski definition) is 6. The van der Waals surface area contributed by atoms with Gasteiger partial charge in [-0.2, -0.15) is 5.10 Å². The maximum atomic E-state index is 12.0. The maximum absolute atomic E-state index is 12.0. The van der Waals surface area contributed by atoms with E-state index < -0.39 is 17.8 Å². The van der Waals surface area contributed by atoms with Crippen LogP contribution in [-0.4, -0.2) is 31.1 Å². The first-order chi connectivity index (χ1) is 15.5. The second-order valence-electron chi connectivity index (χ2n) is 6.57. The number of esters is 1. The molecular weight excluding hydrogens is 410 g/mol. The highest BCUT2D eigenvalue weighted by Crippen LogP contribution is 2.14. The van der Waals surface area contributed by atoms with Crippen molar-refractivity contribution in [3.8, 4) is 5.75 Å². The maximum Gasteiger partial charge on any atom is 0.337 e. The minimum atomic E-state index is -0.935. The quantitative estimate of drug-likeness (QED) is 0.259. The summed E-state index contributed by atoms with van der Waals surface area (Å²) in [5, 5.41) is 6.23. The van der Waals surface area contributed by atoms with E-state index in [-0.39, 0.29) is 0 Å². The molecule has 2 amide bonds. The number of methoxy groups -OCH3 is 1. The van der Waals surface area contributed by atoms with Gasteiger partial charge in [-0.05, 0) is 47.5 Å². The Hall–Kier alpha value is -4.46. The molecule has 0 fully saturated rings. The van der Waals surface area contributed by atoms with Gasteiger partial charge in [0.25, 0.3) is 0 Å². The summed E-state index contributed by atoms with van der Waals surface area (Å²) < 4.78 is 10.4. The number of hydrogen-bond donors (Lipinski definition) is 2. The van der Waals surface area contributed by atoms with E-state index in [1.807, 2.05) is 36.4 Å². The van der Waals surface area contributed by atoms with E-state index in [2.05, 4.69) is 20.6 Å². The second-order valence-corrected chi connectivity index (χ2v) is 6.57. The minimum absolute atomic E-state index is 0.328. The molecule has 0 spiro atoms. The highest BCUT2D eigenvalue weighted by Gasteiger charge is 2.13. The molecule has 0 radical (unpaired) electrons. The van der Waals surface area contributed by atoms with E-state index in [4.69, 9.17) is 4.74 Å². The lowest BCUT2D eigenvalue weighted by molar-refractivity contribution is -0.136. The Labute approximate surface area is 184 Å². The molecule has 0 atom stereocenters. The van der Waals surface area contributed by atoms with Crippen LogP contribution in [-0.2, 0) is 20.9 Å². The van der Waals surface area contributed by atoms with Crippen LogP contribution in [0.15, 0.2) is 84.0 Å². The van der Waals surface area contributed by atoms with Crippen LogP contribution in [0.5, 0.6) is 5.75 Å². The highest BCUT2D eigenvalue weighted by molar-refractivity contribution is 6.39. The van der Waals surface area contributed by atoms with Crippen molar-refractivity contribution in [1.29, 1.82) is 0 Å². The average molecular weight is 431 g/mol. The van der Waals surface area contributed by atoms with E-state index in [9.17, 15) is 14.4 Å². The van der Waals surface area contributed by atoms with Gasteiger partial charge in [0.05, 0.1) is 18.9 Å². The molecule has 8 heteroatoms. The number of ether oxygens (including phenoxy) is 2. The molecule has 0 saturated carbocycles. The van der Waals surface area contributed by atoms with Crippen molar-refractivity contribution in [2.45, 2.75) is 6.61 Å². The number of nitrogens with one attached hydrogen (secondary N) is 2. The Balaban J connectivity index is 1.50. The molecule has 3 aromatic carbocycles. The molecule has 0 aliphatic carbocycles. The second kappa shape index (κ2) is 11.1. The first-order valence-corrected chi connectivity index (χ1v) is 9.64. The summed E-state index contributed by atoms with van der Waals surface area (Å²) >= 11 is 0. The summed E-state index contributed by atoms with van der Waals surface area (Å²) in [5.41, 5.74) is 4.59. The Morgan fingerprint density at radius 3 is 2.38 bits per heavy atom. The average Bonchev–Trinajstić information content (AvgIpc) is 2.83. The third-order valence-electron chi connectivity index (χ3n) is 4.26. The summed E-state index contributed by atoms with van der Waals surface area (Å²) in [7, 11) is 1.27. The fourth-order valence-corrected chi connectivity index (χ4v) is 2.64. The van der Waals surface area contributed by atoms with Crippen LogP contribution < -0.4 is 15.5 Å². The van der Waals surface area contributed by atoms with E-state index in [0.717, 1.165) is 5.56 Å². The van der Waals surface area contributed by atoms with Gasteiger partial charge in [0, 0.05) is 5.69 Å². The molecule has 0 heterocycles. The first kappa shape index (κ1) is 22.2. The van der Waals surface area contributed by atoms with Crippen molar-refractivity contribution in [2.75, 3.05) is 12.4 Å². The number of carbonyl (C=O) groups excluding carboxylic acids is 3. The summed E-state index contributed by atoms with van der Waals surface area (Å²) in [4.78, 5) is 35.4. The summed E-state index contributed by atoms with van der Waals surface area (Å²) in [6.07, 6.45) is 1.41. The van der Waals surface area contributed by atoms with Crippen molar-refractivity contribution >= 4 is 29.7 Å². The Kier molecular flexibility index (Phi) is 7.69. The van der Waals surface area contributed by atoms with Crippen molar-refractivity contribution < 1.29 is 23.9 Å². The smallest absolute Gasteiger partial charge is 0.337 e. The highest BCUT2D eigenvalue weighted by atomic mass is 16.5. The molecule has 0 aliphatic rings. The lowest BCUT2D eigenvalue weighted by Crippen LogP contribution is -2.32. The summed E-state index contributed by atoms with van der Waals surface area (Å²) in [5.74, 6) is -1.68. The molecule has 3 rings (SSSR count). The zero-order valence-corrected chi connectivity index (χ0v) is 17.3. The molecule has 8 nitrogen and oxygen atoms in total. The van der Waals surface area contributed by atoms with Gasteiger partial charge in [0.2, 0.25) is 0 Å². The minimum Gasteiger partial charge on any atom is -0.489 e. The van der Waals surface area contributed by atoms with Gasteiger partial charge < -0.3 is 14.8 Å². The first-order valence-electron chi connectivity index (χ1n) is 9.64. The third-order valence-corrected chi connectivity index (χ3v) is 4.26. The fraction of sp³-hybridized carbons (Fsp3) is 0.0833. The van der Waals surface area contributed by atoms with Gasteiger partial charge in [-0.3, -0.25) is 9.59 Å². The number of anilines is 1. The molecule has 0 bridgehead atoms. The molecule has 2 N–H and O–H groups in total. The Bertz CT molecular complexity index is 1110. The zero-order valence-electron chi connectivity index (χ0n) is 17.3. The van der Waals surface area contributed by atoms with Crippen LogP contribution in [0.4, 0.5) is 5.69 Å². The number of hydrazone groups is 1. The predicted octanol–water partition coefficient (Wildman–Crippen LogP) is 3.14. The van der Waals surface area contributed by atoms with Crippen LogP contribution in [0, 0.1) is 0 Å². The van der Waals surface area contributed by atoms with Crippen LogP contribution in [0.2, 0.25) is 0 Å². The largest absolute Gasteiger partial charge is 0.489 e. The number of benzene rings is 3. The van der Waals surface area contributed by atoms with E-state index in [1.54, 1.807) is 18.2 Å². The zero-order chi connectivity index (χ0) is 22.8.